The van der Waals surface area contributed by atoms with Gasteiger partial charge in [-0.3, -0.25) is 9.59 Å². The maximum Gasteiger partial charge on any atom is 0.252 e. The van der Waals surface area contributed by atoms with Gasteiger partial charge in [0.1, 0.15) is 18.3 Å². The molecular weight excluding hydrogens is 384 g/mol. The van der Waals surface area contributed by atoms with Gasteiger partial charge >= 0.3 is 0 Å². The van der Waals surface area contributed by atoms with E-state index in [2.05, 4.69) is 4.98 Å². The van der Waals surface area contributed by atoms with E-state index in [1.807, 2.05) is 26.8 Å². The van der Waals surface area contributed by atoms with E-state index in [0.717, 1.165) is 10.8 Å². The largest absolute Gasteiger partial charge is 0.490 e. The highest BCUT2D eigenvalue weighted by molar-refractivity contribution is 6.01. The molecule has 0 saturated carbocycles. The number of hydrogen-bond acceptors (Lipinski definition) is 6. The molecule has 0 bridgehead atoms. The van der Waals surface area contributed by atoms with Gasteiger partial charge in [0.15, 0.2) is 0 Å². The van der Waals surface area contributed by atoms with Crippen LogP contribution in [0.25, 0.3) is 10.8 Å². The van der Waals surface area contributed by atoms with Gasteiger partial charge in [0, 0.05) is 37.0 Å². The fraction of sp³-hybridized carbons (Fsp3) is 0.455. The Balaban J connectivity index is 1.85. The molecule has 2 heterocycles. The molecule has 1 aromatic heterocycles. The lowest BCUT2D eigenvalue weighted by molar-refractivity contribution is -0.134. The van der Waals surface area contributed by atoms with Gasteiger partial charge in [-0.25, -0.2) is 4.98 Å². The lowest BCUT2D eigenvalue weighted by Gasteiger charge is -2.37. The van der Waals surface area contributed by atoms with Crippen LogP contribution < -0.4 is 15.2 Å². The zero-order valence-electron chi connectivity index (χ0n) is 17.4. The minimum Gasteiger partial charge on any atom is -0.490 e. The molecule has 1 saturated heterocycles. The van der Waals surface area contributed by atoms with Crippen LogP contribution in [0.5, 0.6) is 11.6 Å². The Labute approximate surface area is 175 Å². The number of piperidine rings is 1. The minimum absolute atomic E-state index is 0.0270. The number of hydrogen-bond donors (Lipinski definition) is 1. The molecule has 0 unspecified atom stereocenters. The molecule has 2 aromatic rings. The predicted octanol–water partition coefficient (Wildman–Crippen LogP) is 2.79. The van der Waals surface area contributed by atoms with Crippen molar-refractivity contribution in [3.63, 3.8) is 0 Å². The molecule has 30 heavy (non-hydrogen) atoms. The molecule has 0 spiro atoms. The van der Waals surface area contributed by atoms with Crippen molar-refractivity contribution < 1.29 is 19.1 Å². The maximum atomic E-state index is 12.1. The third-order valence-corrected chi connectivity index (χ3v) is 5.11. The van der Waals surface area contributed by atoms with Crippen LogP contribution in [0.2, 0.25) is 0 Å². The number of nitriles is 1. The summed E-state index contributed by atoms with van der Waals surface area (Å²) in [5.74, 6) is 0.135. The minimum atomic E-state index is -0.560. The fourth-order valence-electron chi connectivity index (χ4n) is 3.75. The number of carbonyl (C=O) groups is 2. The third kappa shape index (κ3) is 4.62. The van der Waals surface area contributed by atoms with Crippen molar-refractivity contribution in [1.82, 2.24) is 9.88 Å². The number of aromatic nitrogens is 1. The summed E-state index contributed by atoms with van der Waals surface area (Å²) in [6.07, 6.45) is 2.56. The van der Waals surface area contributed by atoms with Crippen LogP contribution in [-0.2, 0) is 4.79 Å². The van der Waals surface area contributed by atoms with Gasteiger partial charge in [0.25, 0.3) is 5.91 Å². The van der Waals surface area contributed by atoms with E-state index in [4.69, 9.17) is 20.5 Å². The summed E-state index contributed by atoms with van der Waals surface area (Å²) in [5, 5.41) is 10.3. The van der Waals surface area contributed by atoms with Crippen molar-refractivity contribution >= 4 is 22.6 Å². The van der Waals surface area contributed by atoms with E-state index in [1.54, 1.807) is 29.3 Å². The smallest absolute Gasteiger partial charge is 0.252 e. The molecular formula is C22H26N4O4. The molecule has 1 aliphatic rings. The average Bonchev–Trinajstić information content (AvgIpc) is 2.67. The third-order valence-electron chi connectivity index (χ3n) is 5.11. The van der Waals surface area contributed by atoms with Crippen molar-refractivity contribution in [2.75, 3.05) is 6.54 Å². The van der Waals surface area contributed by atoms with Gasteiger partial charge in [-0.2, -0.15) is 5.26 Å². The molecule has 2 N–H and O–H groups in total. The topological polar surface area (TPSA) is 119 Å². The van der Waals surface area contributed by atoms with Crippen LogP contribution in [0.1, 0.15) is 50.4 Å². The average molecular weight is 410 g/mol. The standard InChI is InChI=1S/C22H26N4O4/c1-13(2)29-19-12-17-15(11-18(19)21(24)28)5-8-25-22(17)30-16-6-9-26(14(3)10-16)20(27)4-7-23/h5,8,11-14,16H,4,6,9-10H2,1-3H3,(H2,24,28)/t14-,16+/m0/s1. The quantitative estimate of drug-likeness (QED) is 0.782. The zero-order chi connectivity index (χ0) is 21.8. The number of pyridine rings is 1. The number of fused-ring (bicyclic) bond motifs is 1. The number of nitrogens with two attached hydrogens (primary N) is 1. The van der Waals surface area contributed by atoms with Crippen LogP contribution in [-0.4, -0.2) is 46.5 Å². The summed E-state index contributed by atoms with van der Waals surface area (Å²) < 4.78 is 12.0. The number of likely N-dealkylation sites (tertiary alicyclic amines) is 1. The summed E-state index contributed by atoms with van der Waals surface area (Å²) >= 11 is 0. The highest BCUT2D eigenvalue weighted by Crippen LogP contribution is 2.33. The van der Waals surface area contributed by atoms with Crippen LogP contribution in [0.3, 0.4) is 0 Å². The fourth-order valence-corrected chi connectivity index (χ4v) is 3.75. The number of rotatable bonds is 6. The molecule has 8 nitrogen and oxygen atoms in total. The van der Waals surface area contributed by atoms with E-state index in [0.29, 0.717) is 36.6 Å². The Morgan fingerprint density at radius 1 is 1.40 bits per heavy atom. The van der Waals surface area contributed by atoms with Crippen LogP contribution >= 0.6 is 0 Å². The second-order valence-corrected chi connectivity index (χ2v) is 7.75. The van der Waals surface area contributed by atoms with E-state index in [9.17, 15) is 9.59 Å². The molecule has 158 valence electrons. The van der Waals surface area contributed by atoms with Crippen molar-refractivity contribution in [3.8, 4) is 17.7 Å². The first-order valence-corrected chi connectivity index (χ1v) is 10.0. The number of amides is 2. The maximum absolute atomic E-state index is 12.1. The van der Waals surface area contributed by atoms with Crippen molar-refractivity contribution in [2.45, 2.75) is 58.3 Å². The molecule has 1 aliphatic heterocycles. The van der Waals surface area contributed by atoms with E-state index in [-0.39, 0.29) is 30.6 Å². The molecule has 1 aromatic carbocycles. The first-order valence-electron chi connectivity index (χ1n) is 10.0. The molecule has 1 fully saturated rings. The van der Waals surface area contributed by atoms with Gasteiger partial charge in [0.2, 0.25) is 11.8 Å². The second-order valence-electron chi connectivity index (χ2n) is 7.75. The number of ether oxygens (including phenoxy) is 2. The summed E-state index contributed by atoms with van der Waals surface area (Å²) in [5.41, 5.74) is 5.84. The molecule has 0 radical (unpaired) electrons. The predicted molar refractivity (Wildman–Crippen MR) is 111 cm³/mol. The number of nitrogens with zero attached hydrogens (tertiary/aromatic N) is 3. The van der Waals surface area contributed by atoms with Crippen molar-refractivity contribution in [1.29, 1.82) is 5.26 Å². The van der Waals surface area contributed by atoms with E-state index < -0.39 is 5.91 Å². The molecule has 3 rings (SSSR count). The molecule has 8 heteroatoms. The highest BCUT2D eigenvalue weighted by atomic mass is 16.5. The van der Waals surface area contributed by atoms with Gasteiger partial charge in [0.05, 0.1) is 17.7 Å². The first-order chi connectivity index (χ1) is 14.3. The van der Waals surface area contributed by atoms with E-state index >= 15 is 0 Å². The summed E-state index contributed by atoms with van der Waals surface area (Å²) in [4.78, 5) is 30.0. The van der Waals surface area contributed by atoms with Crippen molar-refractivity contribution in [3.05, 3.63) is 30.0 Å². The molecule has 2 atom stereocenters. The van der Waals surface area contributed by atoms with E-state index in [1.165, 1.54) is 0 Å². The Morgan fingerprint density at radius 3 is 2.80 bits per heavy atom. The van der Waals surface area contributed by atoms with Crippen LogP contribution in [0, 0.1) is 11.3 Å². The lowest BCUT2D eigenvalue weighted by Crippen LogP contribution is -2.47. The van der Waals surface area contributed by atoms with Gasteiger partial charge in [-0.15, -0.1) is 0 Å². The summed E-state index contributed by atoms with van der Waals surface area (Å²) in [6.45, 7) is 6.23. The Hall–Kier alpha value is -3.34. The van der Waals surface area contributed by atoms with Gasteiger partial charge in [-0.05, 0) is 44.4 Å². The first kappa shape index (κ1) is 21.4. The monoisotopic (exact) mass is 410 g/mol. The van der Waals surface area contributed by atoms with Crippen LogP contribution in [0.4, 0.5) is 0 Å². The molecule has 0 aliphatic carbocycles. The second kappa shape index (κ2) is 8.99. The Bertz CT molecular complexity index is 999. The van der Waals surface area contributed by atoms with Crippen molar-refractivity contribution in [2.24, 2.45) is 5.73 Å². The highest BCUT2D eigenvalue weighted by Gasteiger charge is 2.30. The van der Waals surface area contributed by atoms with Gasteiger partial charge < -0.3 is 20.1 Å². The molecule has 2 amide bonds. The normalized spacial score (nSPS) is 18.8. The van der Waals surface area contributed by atoms with Crippen LogP contribution in [0.15, 0.2) is 24.4 Å². The summed E-state index contributed by atoms with van der Waals surface area (Å²) in [7, 11) is 0. The SMILES string of the molecule is CC(C)Oc1cc2c(O[C@@H]3CCN(C(=O)CC#N)[C@@H](C)C3)nccc2cc1C(N)=O. The zero-order valence-corrected chi connectivity index (χ0v) is 17.4. The number of primary amides is 1. The summed E-state index contributed by atoms with van der Waals surface area (Å²) in [6, 6.07) is 7.11. The Morgan fingerprint density at radius 2 is 2.17 bits per heavy atom. The number of carbonyl (C=O) groups excluding carboxylic acids is 2. The lowest BCUT2D eigenvalue weighted by atomic mass is 10.00. The number of benzene rings is 1. The Kier molecular flexibility index (Phi) is 6.40. The van der Waals surface area contributed by atoms with Gasteiger partial charge in [-0.1, -0.05) is 0 Å².